The molecule has 1 aromatic carbocycles. The van der Waals surface area contributed by atoms with Gasteiger partial charge in [-0.2, -0.15) is 4.52 Å². The summed E-state index contributed by atoms with van der Waals surface area (Å²) in [6.07, 6.45) is 0. The zero-order valence-electron chi connectivity index (χ0n) is 10.1. The molecule has 0 amide bonds. The van der Waals surface area contributed by atoms with Gasteiger partial charge in [-0.05, 0) is 36.5 Å². The molecule has 0 aliphatic carbocycles. The molecule has 0 aliphatic rings. The molecule has 0 atom stereocenters. The van der Waals surface area contributed by atoms with E-state index in [1.54, 1.807) is 13.0 Å². The monoisotopic (exact) mass is 355 g/mol. The number of halogens is 2. The van der Waals surface area contributed by atoms with Crippen molar-refractivity contribution in [1.29, 1.82) is 0 Å². The van der Waals surface area contributed by atoms with E-state index in [0.29, 0.717) is 15.1 Å². The van der Waals surface area contributed by atoms with E-state index >= 15 is 0 Å². The van der Waals surface area contributed by atoms with Gasteiger partial charge in [0.05, 0.1) is 0 Å². The SMILES string of the molecule is Cc1cc(=O)n2nc(Oc3ccc(Br)cc3F)sc2n1. The van der Waals surface area contributed by atoms with Crippen LogP contribution in [0.4, 0.5) is 4.39 Å². The molecule has 0 saturated heterocycles. The van der Waals surface area contributed by atoms with Crippen molar-refractivity contribution in [2.24, 2.45) is 0 Å². The lowest BCUT2D eigenvalue weighted by atomic mass is 10.3. The van der Waals surface area contributed by atoms with Crippen LogP contribution >= 0.6 is 27.3 Å². The van der Waals surface area contributed by atoms with Crippen LogP contribution in [0.1, 0.15) is 5.69 Å². The smallest absolute Gasteiger partial charge is 0.300 e. The zero-order chi connectivity index (χ0) is 14.3. The summed E-state index contributed by atoms with van der Waals surface area (Å²) in [6.45, 7) is 1.72. The molecule has 0 spiro atoms. The maximum Gasteiger partial charge on any atom is 0.300 e. The normalized spacial score (nSPS) is 10.9. The van der Waals surface area contributed by atoms with Crippen molar-refractivity contribution in [1.82, 2.24) is 14.6 Å². The summed E-state index contributed by atoms with van der Waals surface area (Å²) in [5.41, 5.74) is 0.301. The zero-order valence-corrected chi connectivity index (χ0v) is 12.5. The highest BCUT2D eigenvalue weighted by Crippen LogP contribution is 2.29. The summed E-state index contributed by atoms with van der Waals surface area (Å²) in [4.78, 5) is 16.3. The van der Waals surface area contributed by atoms with Crippen molar-refractivity contribution in [3.05, 3.63) is 50.6 Å². The molecule has 0 fully saturated rings. The third kappa shape index (κ3) is 2.44. The molecule has 3 rings (SSSR count). The van der Waals surface area contributed by atoms with E-state index in [4.69, 9.17) is 4.74 Å². The van der Waals surface area contributed by atoms with Gasteiger partial charge in [0.15, 0.2) is 11.6 Å². The summed E-state index contributed by atoms with van der Waals surface area (Å²) < 4.78 is 20.8. The molecule has 102 valence electrons. The molecular formula is C12H7BrFN3O2S. The van der Waals surface area contributed by atoms with Crippen molar-refractivity contribution in [2.45, 2.75) is 6.92 Å². The van der Waals surface area contributed by atoms with E-state index in [1.165, 1.54) is 18.2 Å². The quantitative estimate of drug-likeness (QED) is 0.708. The highest BCUT2D eigenvalue weighted by Gasteiger charge is 2.12. The number of ether oxygens (including phenoxy) is 1. The Balaban J connectivity index is 2.03. The Morgan fingerprint density at radius 2 is 2.20 bits per heavy atom. The predicted molar refractivity (Wildman–Crippen MR) is 76.0 cm³/mol. The van der Waals surface area contributed by atoms with E-state index in [1.807, 2.05) is 0 Å². The second-order valence-corrected chi connectivity index (χ2v) is 5.81. The highest BCUT2D eigenvalue weighted by atomic mass is 79.9. The van der Waals surface area contributed by atoms with E-state index in [0.717, 1.165) is 15.9 Å². The number of rotatable bonds is 2. The minimum Gasteiger partial charge on any atom is -0.427 e. The summed E-state index contributed by atoms with van der Waals surface area (Å²) >= 11 is 4.24. The molecule has 8 heteroatoms. The first-order chi connectivity index (χ1) is 9.52. The molecule has 2 heterocycles. The van der Waals surface area contributed by atoms with Gasteiger partial charge in [0.2, 0.25) is 4.96 Å². The average molecular weight is 356 g/mol. The van der Waals surface area contributed by atoms with Crippen LogP contribution in [0.5, 0.6) is 10.9 Å². The molecule has 0 radical (unpaired) electrons. The Kier molecular flexibility index (Phi) is 3.27. The highest BCUT2D eigenvalue weighted by molar-refractivity contribution is 9.10. The number of aromatic nitrogens is 3. The van der Waals surface area contributed by atoms with Gasteiger partial charge in [-0.25, -0.2) is 9.37 Å². The molecule has 2 aromatic heterocycles. The maximum absolute atomic E-state index is 13.7. The fraction of sp³-hybridized carbons (Fsp3) is 0.0833. The first-order valence-corrected chi connectivity index (χ1v) is 7.14. The molecule has 20 heavy (non-hydrogen) atoms. The van der Waals surface area contributed by atoms with Crippen LogP contribution in [0.2, 0.25) is 0 Å². The fourth-order valence-electron chi connectivity index (χ4n) is 1.60. The number of aryl methyl sites for hydroxylation is 1. The number of hydrogen-bond donors (Lipinski definition) is 0. The van der Waals surface area contributed by atoms with Crippen LogP contribution in [0, 0.1) is 12.7 Å². The van der Waals surface area contributed by atoms with Crippen molar-refractivity contribution in [3.8, 4) is 10.9 Å². The van der Waals surface area contributed by atoms with Gasteiger partial charge in [-0.1, -0.05) is 15.9 Å². The maximum atomic E-state index is 13.7. The largest absolute Gasteiger partial charge is 0.427 e. The van der Waals surface area contributed by atoms with Gasteiger partial charge in [-0.3, -0.25) is 4.79 Å². The number of fused-ring (bicyclic) bond motifs is 1. The van der Waals surface area contributed by atoms with Crippen molar-refractivity contribution >= 4 is 32.2 Å². The summed E-state index contributed by atoms with van der Waals surface area (Å²) in [5, 5.41) is 4.13. The summed E-state index contributed by atoms with van der Waals surface area (Å²) in [5.74, 6) is -0.479. The standard InChI is InChI=1S/C12H7BrFN3O2S/c1-6-4-10(18)17-11(15-6)20-12(16-17)19-9-3-2-7(13)5-8(9)14/h2-5H,1H3. The van der Waals surface area contributed by atoms with Gasteiger partial charge in [0, 0.05) is 16.2 Å². The third-order valence-electron chi connectivity index (χ3n) is 2.45. The van der Waals surface area contributed by atoms with Crippen LogP contribution < -0.4 is 10.3 Å². The molecule has 0 aliphatic heterocycles. The Labute approximate surface area is 124 Å². The minimum atomic E-state index is -0.518. The number of benzene rings is 1. The minimum absolute atomic E-state index is 0.0389. The molecule has 0 N–H and O–H groups in total. The Morgan fingerprint density at radius 1 is 1.40 bits per heavy atom. The van der Waals surface area contributed by atoms with Gasteiger partial charge in [-0.15, -0.1) is 5.10 Å². The summed E-state index contributed by atoms with van der Waals surface area (Å²) in [6, 6.07) is 5.79. The van der Waals surface area contributed by atoms with E-state index in [2.05, 4.69) is 26.0 Å². The van der Waals surface area contributed by atoms with Crippen LogP contribution in [0.15, 0.2) is 33.5 Å². The second kappa shape index (κ2) is 4.95. The average Bonchev–Trinajstić information content (AvgIpc) is 2.75. The number of hydrogen-bond acceptors (Lipinski definition) is 5. The van der Waals surface area contributed by atoms with Crippen LogP contribution in [-0.4, -0.2) is 14.6 Å². The first-order valence-electron chi connectivity index (χ1n) is 5.53. The van der Waals surface area contributed by atoms with Gasteiger partial charge in [0.25, 0.3) is 10.8 Å². The topological polar surface area (TPSA) is 56.5 Å². The molecule has 0 unspecified atom stereocenters. The Hall–Kier alpha value is -1.80. The second-order valence-electron chi connectivity index (χ2n) is 3.97. The lowest BCUT2D eigenvalue weighted by Gasteiger charge is -2.02. The Bertz CT molecular complexity index is 862. The third-order valence-corrected chi connectivity index (χ3v) is 3.73. The first kappa shape index (κ1) is 13.2. The molecule has 5 nitrogen and oxygen atoms in total. The molecule has 3 aromatic rings. The van der Waals surface area contributed by atoms with Crippen molar-refractivity contribution < 1.29 is 9.13 Å². The van der Waals surface area contributed by atoms with Crippen LogP contribution in [0.25, 0.3) is 4.96 Å². The van der Waals surface area contributed by atoms with Crippen molar-refractivity contribution in [2.75, 3.05) is 0 Å². The molecule has 0 saturated carbocycles. The van der Waals surface area contributed by atoms with Gasteiger partial charge >= 0.3 is 0 Å². The fourth-order valence-corrected chi connectivity index (χ4v) is 2.75. The predicted octanol–water partition coefficient (Wildman–Crippen LogP) is 3.15. The van der Waals surface area contributed by atoms with Crippen LogP contribution in [-0.2, 0) is 0 Å². The van der Waals surface area contributed by atoms with E-state index in [9.17, 15) is 9.18 Å². The van der Waals surface area contributed by atoms with Gasteiger partial charge in [0.1, 0.15) is 0 Å². The van der Waals surface area contributed by atoms with Crippen molar-refractivity contribution in [3.63, 3.8) is 0 Å². The lowest BCUT2D eigenvalue weighted by molar-refractivity contribution is 0.433. The van der Waals surface area contributed by atoms with E-state index in [-0.39, 0.29) is 16.5 Å². The van der Waals surface area contributed by atoms with Gasteiger partial charge < -0.3 is 4.74 Å². The Morgan fingerprint density at radius 3 is 2.95 bits per heavy atom. The molecular weight excluding hydrogens is 349 g/mol. The van der Waals surface area contributed by atoms with Crippen LogP contribution in [0.3, 0.4) is 0 Å². The number of nitrogens with zero attached hydrogens (tertiary/aromatic N) is 3. The molecule has 0 bridgehead atoms. The summed E-state index contributed by atoms with van der Waals surface area (Å²) in [7, 11) is 0. The lowest BCUT2D eigenvalue weighted by Crippen LogP contribution is -2.14. The van der Waals surface area contributed by atoms with E-state index < -0.39 is 5.82 Å².